The monoisotopic (exact) mass is 316 g/mol. The van der Waals surface area contributed by atoms with Crippen molar-refractivity contribution in [3.8, 4) is 11.5 Å². The van der Waals surface area contributed by atoms with Gasteiger partial charge in [-0.2, -0.15) is 0 Å². The van der Waals surface area contributed by atoms with Crippen LogP contribution in [-0.2, 0) is 9.53 Å². The lowest BCUT2D eigenvalue weighted by molar-refractivity contribution is -0.138. The molecule has 0 saturated heterocycles. The maximum absolute atomic E-state index is 11.0. The van der Waals surface area contributed by atoms with E-state index in [9.17, 15) is 4.79 Å². The Hall–Kier alpha value is -2.53. The minimum absolute atomic E-state index is 0.0414. The summed E-state index contributed by atoms with van der Waals surface area (Å²) in [6.07, 6.45) is 1.12. The predicted octanol–water partition coefficient (Wildman–Crippen LogP) is 2.63. The zero-order valence-corrected chi connectivity index (χ0v) is 13.1. The Morgan fingerprint density at radius 2 is 1.91 bits per heavy atom. The zero-order valence-electron chi connectivity index (χ0n) is 13.1. The Morgan fingerprint density at radius 1 is 1.17 bits per heavy atom. The number of rotatable bonds is 8. The molecule has 5 nitrogen and oxygen atoms in total. The van der Waals surface area contributed by atoms with Crippen molar-refractivity contribution in [2.75, 3.05) is 26.4 Å². The third-order valence-corrected chi connectivity index (χ3v) is 3.23. The van der Waals surface area contributed by atoms with E-state index < -0.39 is 5.97 Å². The van der Waals surface area contributed by atoms with Gasteiger partial charge < -0.3 is 19.3 Å². The van der Waals surface area contributed by atoms with Gasteiger partial charge in [-0.3, -0.25) is 0 Å². The van der Waals surface area contributed by atoms with E-state index >= 15 is 0 Å². The van der Waals surface area contributed by atoms with Crippen LogP contribution in [0.3, 0.4) is 0 Å². The van der Waals surface area contributed by atoms with E-state index in [4.69, 9.17) is 19.3 Å². The second-order valence-corrected chi connectivity index (χ2v) is 4.86. The number of carbonyl (C=O) groups excluding carboxylic acids is 1. The maximum Gasteiger partial charge on any atom is 0.330 e. The first-order chi connectivity index (χ1) is 11.2. The maximum atomic E-state index is 11.0. The first-order valence-corrected chi connectivity index (χ1v) is 7.35. The van der Waals surface area contributed by atoms with Crippen molar-refractivity contribution >= 4 is 16.7 Å². The molecule has 5 heteroatoms. The van der Waals surface area contributed by atoms with Gasteiger partial charge in [0.05, 0.1) is 6.61 Å². The van der Waals surface area contributed by atoms with E-state index in [1.165, 1.54) is 0 Å². The number of carbonyl (C=O) groups is 1. The van der Waals surface area contributed by atoms with Crippen LogP contribution in [0.1, 0.15) is 5.56 Å². The largest absolute Gasteiger partial charge is 0.491 e. The van der Waals surface area contributed by atoms with Crippen LogP contribution in [0, 0.1) is 6.92 Å². The van der Waals surface area contributed by atoms with Crippen molar-refractivity contribution in [3.63, 3.8) is 0 Å². The highest BCUT2D eigenvalue weighted by molar-refractivity contribution is 5.94. The molecule has 2 aromatic carbocycles. The summed E-state index contributed by atoms with van der Waals surface area (Å²) >= 11 is 0. The van der Waals surface area contributed by atoms with Gasteiger partial charge in [0.15, 0.2) is 0 Å². The van der Waals surface area contributed by atoms with Crippen molar-refractivity contribution in [3.05, 3.63) is 48.6 Å². The molecular formula is C18H20O5. The van der Waals surface area contributed by atoms with Crippen molar-refractivity contribution in [2.45, 2.75) is 6.92 Å². The van der Waals surface area contributed by atoms with Crippen molar-refractivity contribution in [1.29, 1.82) is 0 Å². The molecule has 23 heavy (non-hydrogen) atoms. The van der Waals surface area contributed by atoms with Gasteiger partial charge in [-0.25, -0.2) is 4.79 Å². The van der Waals surface area contributed by atoms with Gasteiger partial charge >= 0.3 is 5.97 Å². The average molecular weight is 316 g/mol. The standard InChI is InChI=1S/C18H20O5/c1-3-17(20)22-10-11-23-18-13(2)12-16(21-9-8-19)14-6-4-5-7-15(14)18/h3-7,12,19H,1,8-11H2,2H3. The van der Waals surface area contributed by atoms with E-state index in [0.717, 1.165) is 28.2 Å². The normalized spacial score (nSPS) is 10.3. The summed E-state index contributed by atoms with van der Waals surface area (Å²) in [7, 11) is 0. The van der Waals surface area contributed by atoms with E-state index in [2.05, 4.69) is 6.58 Å². The van der Waals surface area contributed by atoms with Crippen LogP contribution in [0.5, 0.6) is 11.5 Å². The highest BCUT2D eigenvalue weighted by atomic mass is 16.6. The number of aliphatic hydroxyl groups is 1. The molecule has 0 radical (unpaired) electrons. The first-order valence-electron chi connectivity index (χ1n) is 7.35. The summed E-state index contributed by atoms with van der Waals surface area (Å²) in [6, 6.07) is 9.59. The molecule has 2 aromatic rings. The summed E-state index contributed by atoms with van der Waals surface area (Å²) in [5, 5.41) is 10.8. The minimum atomic E-state index is -0.470. The summed E-state index contributed by atoms with van der Waals surface area (Å²) in [5.41, 5.74) is 0.909. The zero-order chi connectivity index (χ0) is 16.7. The average Bonchev–Trinajstić information content (AvgIpc) is 2.58. The molecule has 0 bridgehead atoms. The smallest absolute Gasteiger partial charge is 0.330 e. The van der Waals surface area contributed by atoms with Gasteiger partial charge in [0.1, 0.15) is 31.3 Å². The summed E-state index contributed by atoms with van der Waals surface area (Å²) in [4.78, 5) is 11.0. The molecule has 0 unspecified atom stereocenters. The van der Waals surface area contributed by atoms with Crippen molar-refractivity contribution in [2.24, 2.45) is 0 Å². The van der Waals surface area contributed by atoms with Crippen molar-refractivity contribution < 1.29 is 24.1 Å². The third kappa shape index (κ3) is 4.23. The predicted molar refractivity (Wildman–Crippen MR) is 87.9 cm³/mol. The highest BCUT2D eigenvalue weighted by Gasteiger charge is 2.12. The lowest BCUT2D eigenvalue weighted by Gasteiger charge is -2.16. The molecule has 0 aliphatic rings. The number of fused-ring (bicyclic) bond motifs is 1. The lowest BCUT2D eigenvalue weighted by atomic mass is 10.0. The SMILES string of the molecule is C=CC(=O)OCCOc1c(C)cc(OCCO)c2ccccc12. The topological polar surface area (TPSA) is 65.0 Å². The molecule has 0 fully saturated rings. The fourth-order valence-corrected chi connectivity index (χ4v) is 2.26. The van der Waals surface area contributed by atoms with Crippen LogP contribution in [0.15, 0.2) is 43.0 Å². The highest BCUT2D eigenvalue weighted by Crippen LogP contribution is 2.36. The number of aryl methyl sites for hydroxylation is 1. The molecule has 0 heterocycles. The minimum Gasteiger partial charge on any atom is -0.491 e. The number of ether oxygens (including phenoxy) is 3. The molecule has 0 atom stereocenters. The Bertz CT molecular complexity index is 693. The number of esters is 1. The van der Waals surface area contributed by atoms with Crippen molar-refractivity contribution in [1.82, 2.24) is 0 Å². The van der Waals surface area contributed by atoms with E-state index in [1.807, 2.05) is 37.3 Å². The van der Waals surface area contributed by atoms with Crippen LogP contribution in [0.4, 0.5) is 0 Å². The molecule has 0 saturated carbocycles. The fourth-order valence-electron chi connectivity index (χ4n) is 2.26. The van der Waals surface area contributed by atoms with E-state index in [-0.39, 0.29) is 26.4 Å². The molecule has 2 rings (SSSR count). The van der Waals surface area contributed by atoms with Crippen LogP contribution in [0.25, 0.3) is 10.8 Å². The second kappa shape index (κ2) is 8.19. The molecule has 122 valence electrons. The molecule has 0 aromatic heterocycles. The van der Waals surface area contributed by atoms with Gasteiger partial charge in [0.25, 0.3) is 0 Å². The van der Waals surface area contributed by atoms with Gasteiger partial charge in [-0.05, 0) is 18.6 Å². The number of hydrogen-bond acceptors (Lipinski definition) is 5. The molecular weight excluding hydrogens is 296 g/mol. The third-order valence-electron chi connectivity index (χ3n) is 3.23. The Morgan fingerprint density at radius 3 is 2.61 bits per heavy atom. The van der Waals surface area contributed by atoms with Crippen LogP contribution in [-0.4, -0.2) is 37.5 Å². The number of hydrogen-bond donors (Lipinski definition) is 1. The number of aliphatic hydroxyl groups excluding tert-OH is 1. The molecule has 0 amide bonds. The first kappa shape index (κ1) is 16.8. The van der Waals surface area contributed by atoms with Gasteiger partial charge in [0.2, 0.25) is 0 Å². The second-order valence-electron chi connectivity index (χ2n) is 4.86. The number of benzene rings is 2. The molecule has 1 N–H and O–H groups in total. The lowest BCUT2D eigenvalue weighted by Crippen LogP contribution is -2.11. The summed E-state index contributed by atoms with van der Waals surface area (Å²) in [6.45, 7) is 5.86. The Labute approximate surface area is 135 Å². The quantitative estimate of drug-likeness (QED) is 0.461. The fraction of sp³-hybridized carbons (Fsp3) is 0.278. The Kier molecular flexibility index (Phi) is 6.00. The Balaban J connectivity index is 2.21. The van der Waals surface area contributed by atoms with Crippen LogP contribution in [0.2, 0.25) is 0 Å². The van der Waals surface area contributed by atoms with Gasteiger partial charge in [-0.15, -0.1) is 0 Å². The summed E-state index contributed by atoms with van der Waals surface area (Å²) in [5.74, 6) is 0.965. The summed E-state index contributed by atoms with van der Waals surface area (Å²) < 4.78 is 16.3. The van der Waals surface area contributed by atoms with Gasteiger partial charge in [0, 0.05) is 16.8 Å². The van der Waals surface area contributed by atoms with Gasteiger partial charge in [-0.1, -0.05) is 30.8 Å². The molecule has 0 aliphatic carbocycles. The van der Waals surface area contributed by atoms with E-state index in [1.54, 1.807) is 0 Å². The van der Waals surface area contributed by atoms with Crippen LogP contribution < -0.4 is 9.47 Å². The van der Waals surface area contributed by atoms with Crippen LogP contribution >= 0.6 is 0 Å². The van der Waals surface area contributed by atoms with E-state index in [0.29, 0.717) is 5.75 Å². The molecule has 0 spiro atoms. The molecule has 0 aliphatic heterocycles.